The molecule has 5 fully saturated rings. The van der Waals surface area contributed by atoms with Gasteiger partial charge in [-0.1, -0.05) is 64.1 Å². The highest BCUT2D eigenvalue weighted by Gasteiger charge is 2.48. The van der Waals surface area contributed by atoms with Crippen LogP contribution >= 0.6 is 22.6 Å². The zero-order valence-corrected chi connectivity index (χ0v) is 51.2. The summed E-state index contributed by atoms with van der Waals surface area (Å²) in [5.41, 5.74) is 0.825. The Morgan fingerprint density at radius 3 is 0.836 bits per heavy atom. The molecule has 0 aliphatic heterocycles. The van der Waals surface area contributed by atoms with Crippen LogP contribution in [0.4, 0.5) is 0 Å². The molecule has 0 atom stereocenters. The number of ether oxygens (including phenoxy) is 6. The molecule has 12 nitrogen and oxygen atoms in total. The maximum Gasteiger partial charge on any atom is 0.192 e. The van der Waals surface area contributed by atoms with Crippen molar-refractivity contribution in [3.05, 3.63) is 72.8 Å². The molecule has 0 amide bonds. The average Bonchev–Trinajstić information content (AvgIpc) is 4.17. The molecule has 3 aromatic carbocycles. The first-order chi connectivity index (χ1) is 34.3. The lowest BCUT2D eigenvalue weighted by atomic mass is 10.1. The summed E-state index contributed by atoms with van der Waals surface area (Å²) in [6, 6.07) is 23.1. The number of benzene rings is 3. The second-order valence-corrected chi connectivity index (χ2v) is 35.1. The van der Waals surface area contributed by atoms with Gasteiger partial charge in [0, 0.05) is 44.7 Å². The third-order valence-electron chi connectivity index (χ3n) is 16.3. The highest BCUT2D eigenvalue weighted by atomic mass is 127. The summed E-state index contributed by atoms with van der Waals surface area (Å²) in [6.07, 6.45) is 11.4. The molecular weight excluding hydrogens is 1070 g/mol. The summed E-state index contributed by atoms with van der Waals surface area (Å²) in [7, 11) is 1.72. The Hall–Kier alpha value is -2.62. The van der Waals surface area contributed by atoms with Crippen molar-refractivity contribution in [2.75, 3.05) is 85.2 Å². The number of aliphatic hydroxyl groups is 4. The van der Waals surface area contributed by atoms with E-state index in [4.69, 9.17) is 52.6 Å². The van der Waals surface area contributed by atoms with E-state index in [9.17, 15) is 5.11 Å². The summed E-state index contributed by atoms with van der Waals surface area (Å²) in [4.78, 5) is 0. The Morgan fingerprint density at radius 2 is 0.616 bits per heavy atom. The van der Waals surface area contributed by atoms with Gasteiger partial charge < -0.3 is 57.7 Å². The fourth-order valence-corrected chi connectivity index (χ4v) is 9.60. The normalized spacial score (nSPS) is 18.7. The van der Waals surface area contributed by atoms with Gasteiger partial charge >= 0.3 is 0 Å². The molecular formula is C58H95IO12Si2. The number of methoxy groups -OCH3 is 3. The summed E-state index contributed by atoms with van der Waals surface area (Å²) >= 11 is 2.45. The number of alkyl halides is 1. The summed E-state index contributed by atoms with van der Waals surface area (Å²) in [6.45, 7) is 27.4. The van der Waals surface area contributed by atoms with E-state index in [1.807, 2.05) is 72.8 Å². The molecule has 0 unspecified atom stereocenters. The number of halogens is 1. The lowest BCUT2D eigenvalue weighted by Crippen LogP contribution is -2.42. The summed E-state index contributed by atoms with van der Waals surface area (Å²) in [5, 5.41) is 35.8. The van der Waals surface area contributed by atoms with Crippen molar-refractivity contribution in [1.29, 1.82) is 0 Å². The van der Waals surface area contributed by atoms with Gasteiger partial charge in [-0.25, -0.2) is 0 Å². The molecule has 414 valence electrons. The quantitative estimate of drug-likeness (QED) is 0.0406. The minimum atomic E-state index is -1.67. The Morgan fingerprint density at radius 1 is 0.384 bits per heavy atom. The smallest absolute Gasteiger partial charge is 0.192 e. The molecule has 0 spiro atoms. The second kappa shape index (κ2) is 27.1. The van der Waals surface area contributed by atoms with E-state index in [-0.39, 0.29) is 51.6 Å². The van der Waals surface area contributed by atoms with E-state index in [0.29, 0.717) is 18.6 Å². The van der Waals surface area contributed by atoms with Crippen molar-refractivity contribution < 1.29 is 57.7 Å². The Bertz CT molecular complexity index is 1960. The van der Waals surface area contributed by atoms with Gasteiger partial charge in [-0.2, -0.15) is 0 Å². The first-order valence-electron chi connectivity index (χ1n) is 26.4. The predicted octanol–water partition coefficient (Wildman–Crippen LogP) is 12.5. The molecule has 3 aromatic rings. The fraction of sp³-hybridized carbons (Fsp3) is 0.690. The molecule has 5 aliphatic rings. The average molecular weight is 1170 g/mol. The van der Waals surface area contributed by atoms with Gasteiger partial charge in [-0.05, 0) is 173 Å². The predicted molar refractivity (Wildman–Crippen MR) is 307 cm³/mol. The van der Waals surface area contributed by atoms with E-state index in [1.54, 1.807) is 21.3 Å². The van der Waals surface area contributed by atoms with E-state index in [1.165, 1.54) is 30.1 Å². The minimum absolute atomic E-state index is 0.0416. The van der Waals surface area contributed by atoms with Crippen LogP contribution in [0.5, 0.6) is 34.5 Å². The standard InChI is InChI=1S/C18H30O3Si.C12H15IO2.C12H16O3.C11H24O2Si.C5H10O2/c1-17(2,3)22(5,6)21-14-18(11-12-18)13-20-16-9-7-15(19-4)8-10-16;2*1-14-10-2-4-11(5-3-10)15-9-12(8-13)6-7-12;1-10(2,3)14(4,5)13-9-11(8-12)6-7-11;6-3-5(4-7)1-2-5/h7-10H,11-14H2,1-6H3;2-5H,6-9H2,1H3;2-5,13H,6-9H2,1H3;12H,6-9H2,1-5H3;6-7H,1-4H2. The Labute approximate surface area is 455 Å². The molecule has 0 aromatic heterocycles. The van der Waals surface area contributed by atoms with Crippen molar-refractivity contribution in [2.45, 2.75) is 142 Å². The van der Waals surface area contributed by atoms with Crippen LogP contribution in [-0.4, -0.2) is 122 Å². The van der Waals surface area contributed by atoms with Gasteiger partial charge in [0.15, 0.2) is 16.6 Å². The number of hydrogen-bond donors (Lipinski definition) is 4. The molecule has 8 rings (SSSR count). The van der Waals surface area contributed by atoms with Crippen LogP contribution < -0.4 is 28.4 Å². The number of rotatable bonds is 23. The molecule has 0 saturated heterocycles. The van der Waals surface area contributed by atoms with Gasteiger partial charge in [0.05, 0.1) is 67.6 Å². The monoisotopic (exact) mass is 1170 g/mol. The van der Waals surface area contributed by atoms with Crippen LogP contribution in [0.25, 0.3) is 0 Å². The summed E-state index contributed by atoms with van der Waals surface area (Å²) < 4.78 is 46.3. The first-order valence-corrected chi connectivity index (χ1v) is 33.7. The zero-order valence-electron chi connectivity index (χ0n) is 47.0. The molecule has 4 N–H and O–H groups in total. The van der Waals surface area contributed by atoms with Crippen LogP contribution in [0.3, 0.4) is 0 Å². The van der Waals surface area contributed by atoms with Crippen LogP contribution in [0.1, 0.15) is 106 Å². The van der Waals surface area contributed by atoms with E-state index in [2.05, 4.69) is 90.3 Å². The summed E-state index contributed by atoms with van der Waals surface area (Å²) in [5.74, 6) is 5.22. The zero-order chi connectivity index (χ0) is 54.2. The molecule has 73 heavy (non-hydrogen) atoms. The SMILES string of the molecule is CC(C)(C)[Si](C)(C)OCC1(CO)CC1.COc1ccc(OCC2(CI)CC2)cc1.COc1ccc(OCC2(CO)CC2)cc1.COc1ccc(OCC2(CO[Si](C)(C)C(C)(C)C)CC2)cc1.OCC1(CO)CC1. The van der Waals surface area contributed by atoms with Crippen molar-refractivity contribution >= 4 is 39.2 Å². The topological polar surface area (TPSA) is 155 Å². The molecule has 5 saturated carbocycles. The van der Waals surface area contributed by atoms with Crippen molar-refractivity contribution in [1.82, 2.24) is 0 Å². The number of aliphatic hydroxyl groups excluding tert-OH is 4. The molecule has 5 aliphatic carbocycles. The largest absolute Gasteiger partial charge is 0.497 e. The highest BCUT2D eigenvalue weighted by Crippen LogP contribution is 2.50. The maximum atomic E-state index is 9.19. The van der Waals surface area contributed by atoms with Crippen LogP contribution in [0.15, 0.2) is 72.8 Å². The van der Waals surface area contributed by atoms with Crippen LogP contribution in [0.2, 0.25) is 36.3 Å². The van der Waals surface area contributed by atoms with Crippen LogP contribution in [0, 0.1) is 27.1 Å². The Balaban J connectivity index is 0.000000205. The van der Waals surface area contributed by atoms with Gasteiger partial charge in [0.1, 0.15) is 34.5 Å². The van der Waals surface area contributed by atoms with E-state index in [0.717, 1.165) is 99.4 Å². The first kappa shape index (κ1) is 62.9. The van der Waals surface area contributed by atoms with Gasteiger partial charge in [-0.15, -0.1) is 0 Å². The van der Waals surface area contributed by atoms with E-state index >= 15 is 0 Å². The van der Waals surface area contributed by atoms with Crippen molar-refractivity contribution in [3.8, 4) is 34.5 Å². The minimum Gasteiger partial charge on any atom is -0.497 e. The van der Waals surface area contributed by atoms with Crippen molar-refractivity contribution in [3.63, 3.8) is 0 Å². The molecule has 0 radical (unpaired) electrons. The van der Waals surface area contributed by atoms with Gasteiger partial charge in [0.2, 0.25) is 0 Å². The van der Waals surface area contributed by atoms with Crippen LogP contribution in [-0.2, 0) is 8.85 Å². The van der Waals surface area contributed by atoms with Gasteiger partial charge in [-0.3, -0.25) is 0 Å². The Kier molecular flexibility index (Phi) is 23.4. The third-order valence-corrected chi connectivity index (χ3v) is 26.9. The highest BCUT2D eigenvalue weighted by molar-refractivity contribution is 14.1. The molecule has 0 heterocycles. The lowest BCUT2D eigenvalue weighted by Gasteiger charge is -2.37. The third kappa shape index (κ3) is 20.7. The van der Waals surface area contributed by atoms with E-state index < -0.39 is 16.6 Å². The lowest BCUT2D eigenvalue weighted by molar-refractivity contribution is 0.134. The molecule has 15 heteroatoms. The van der Waals surface area contributed by atoms with Gasteiger partial charge in [0.25, 0.3) is 0 Å². The second-order valence-electron chi connectivity index (χ2n) is 24.8. The van der Waals surface area contributed by atoms with Crippen molar-refractivity contribution in [2.24, 2.45) is 27.1 Å². The maximum absolute atomic E-state index is 9.19. The fourth-order valence-electron chi connectivity index (χ4n) is 6.42. The molecule has 0 bridgehead atoms. The number of hydrogen-bond acceptors (Lipinski definition) is 12.